The first-order chi connectivity index (χ1) is 9.08. The van der Waals surface area contributed by atoms with Crippen molar-refractivity contribution in [2.24, 2.45) is 0 Å². The van der Waals surface area contributed by atoms with Gasteiger partial charge in [-0.3, -0.25) is 14.9 Å². The van der Waals surface area contributed by atoms with Gasteiger partial charge in [0.05, 0.1) is 6.54 Å². The van der Waals surface area contributed by atoms with Crippen LogP contribution >= 0.6 is 11.6 Å². The van der Waals surface area contributed by atoms with E-state index in [4.69, 9.17) is 11.6 Å². The molecule has 0 bridgehead atoms. The maximum Gasteiger partial charge on any atom is 0.249 e. The molecule has 1 N–H and O–H groups in total. The quantitative estimate of drug-likeness (QED) is 0.659. The van der Waals surface area contributed by atoms with Crippen LogP contribution in [0.4, 0.5) is 5.82 Å². The Balaban J connectivity index is 2.46. The van der Waals surface area contributed by atoms with E-state index in [1.165, 1.54) is 6.33 Å². The zero-order chi connectivity index (χ0) is 14.0. The molecule has 1 aromatic rings. The van der Waals surface area contributed by atoms with Gasteiger partial charge in [0.25, 0.3) is 0 Å². The van der Waals surface area contributed by atoms with Crippen molar-refractivity contribution >= 4 is 29.2 Å². The van der Waals surface area contributed by atoms with Crippen LogP contribution in [-0.4, -0.2) is 34.4 Å². The monoisotopic (exact) mass is 282 g/mol. The Morgan fingerprint density at radius 2 is 2.16 bits per heavy atom. The summed E-state index contributed by atoms with van der Waals surface area (Å²) < 4.78 is 0. The van der Waals surface area contributed by atoms with Gasteiger partial charge >= 0.3 is 0 Å². The average Bonchev–Trinajstić information content (AvgIpc) is 2.37. The third-order valence-corrected chi connectivity index (χ3v) is 3.46. The highest BCUT2D eigenvalue weighted by Gasteiger charge is 2.34. The number of nitrogens with zero attached hydrogens (tertiary/aromatic N) is 3. The van der Waals surface area contributed by atoms with Gasteiger partial charge in [-0.25, -0.2) is 9.97 Å². The van der Waals surface area contributed by atoms with Crippen molar-refractivity contribution in [1.29, 1.82) is 0 Å². The molecular formula is C12H15ClN4O2. The smallest absolute Gasteiger partial charge is 0.249 e. The highest BCUT2D eigenvalue weighted by molar-refractivity contribution is 6.30. The summed E-state index contributed by atoms with van der Waals surface area (Å²) in [4.78, 5) is 33.2. The van der Waals surface area contributed by atoms with Crippen molar-refractivity contribution in [2.75, 3.05) is 11.4 Å². The minimum Gasteiger partial charge on any atom is -0.335 e. The Morgan fingerprint density at radius 3 is 2.79 bits per heavy atom. The lowest BCUT2D eigenvalue weighted by Crippen LogP contribution is -2.58. The molecule has 2 heterocycles. The molecule has 1 aliphatic rings. The number of nitrogens with one attached hydrogen (secondary N) is 1. The van der Waals surface area contributed by atoms with E-state index in [2.05, 4.69) is 15.3 Å². The standard InChI is InChI=1S/C12H15ClN4O2/c1-3-7-10(13)14-6-15-11(7)17-5-9(18)16-12(19)8(17)4-2/h6,8H,3-5H2,1-2H3,(H,16,18,19). The predicted molar refractivity (Wildman–Crippen MR) is 71.0 cm³/mol. The lowest BCUT2D eigenvalue weighted by molar-refractivity contribution is -0.132. The molecule has 6 nitrogen and oxygen atoms in total. The number of imide groups is 1. The molecule has 1 aromatic heterocycles. The molecule has 1 unspecified atom stereocenters. The first-order valence-electron chi connectivity index (χ1n) is 6.18. The van der Waals surface area contributed by atoms with Crippen LogP contribution < -0.4 is 10.2 Å². The number of piperazine rings is 1. The molecule has 1 fully saturated rings. The molecule has 102 valence electrons. The summed E-state index contributed by atoms with van der Waals surface area (Å²) in [7, 11) is 0. The average molecular weight is 283 g/mol. The lowest BCUT2D eigenvalue weighted by atomic mass is 10.1. The summed E-state index contributed by atoms with van der Waals surface area (Å²) in [6, 6.07) is -0.408. The van der Waals surface area contributed by atoms with Crippen molar-refractivity contribution in [2.45, 2.75) is 32.7 Å². The van der Waals surface area contributed by atoms with Crippen LogP contribution in [0.3, 0.4) is 0 Å². The van der Waals surface area contributed by atoms with Crippen LogP contribution in [0, 0.1) is 0 Å². The number of hydrogen-bond donors (Lipinski definition) is 1. The zero-order valence-electron chi connectivity index (χ0n) is 10.8. The van der Waals surface area contributed by atoms with Gasteiger partial charge in [-0.05, 0) is 12.8 Å². The Hall–Kier alpha value is -1.69. The number of rotatable bonds is 3. The fourth-order valence-electron chi connectivity index (χ4n) is 2.23. The van der Waals surface area contributed by atoms with Crippen LogP contribution in [0.1, 0.15) is 25.8 Å². The van der Waals surface area contributed by atoms with E-state index >= 15 is 0 Å². The van der Waals surface area contributed by atoms with E-state index < -0.39 is 6.04 Å². The summed E-state index contributed by atoms with van der Waals surface area (Å²) >= 11 is 6.05. The van der Waals surface area contributed by atoms with Crippen molar-refractivity contribution in [3.8, 4) is 0 Å². The molecule has 0 radical (unpaired) electrons. The molecule has 0 aliphatic carbocycles. The number of anilines is 1. The largest absolute Gasteiger partial charge is 0.335 e. The second kappa shape index (κ2) is 5.52. The Labute approximate surface area is 116 Å². The molecule has 2 amide bonds. The maximum absolute atomic E-state index is 11.9. The molecule has 1 aliphatic heterocycles. The normalized spacial score (nSPS) is 19.5. The van der Waals surface area contributed by atoms with E-state index in [0.717, 1.165) is 5.56 Å². The fourth-order valence-corrected chi connectivity index (χ4v) is 2.49. The molecular weight excluding hydrogens is 268 g/mol. The van der Waals surface area contributed by atoms with E-state index in [0.29, 0.717) is 23.8 Å². The number of amides is 2. The first kappa shape index (κ1) is 13.7. The molecule has 19 heavy (non-hydrogen) atoms. The first-order valence-corrected chi connectivity index (χ1v) is 6.56. The third kappa shape index (κ3) is 2.53. The topological polar surface area (TPSA) is 75.2 Å². The molecule has 0 spiro atoms. The fraction of sp³-hybridized carbons (Fsp3) is 0.500. The van der Waals surface area contributed by atoms with Crippen molar-refractivity contribution in [3.63, 3.8) is 0 Å². The minimum atomic E-state index is -0.408. The third-order valence-electron chi connectivity index (χ3n) is 3.14. The zero-order valence-corrected chi connectivity index (χ0v) is 11.6. The molecule has 0 saturated carbocycles. The molecule has 1 saturated heterocycles. The maximum atomic E-state index is 11.9. The van der Waals surface area contributed by atoms with E-state index in [9.17, 15) is 9.59 Å². The number of aromatic nitrogens is 2. The van der Waals surface area contributed by atoms with E-state index in [1.54, 1.807) is 4.90 Å². The van der Waals surface area contributed by atoms with Crippen LogP contribution in [-0.2, 0) is 16.0 Å². The van der Waals surface area contributed by atoms with Gasteiger partial charge in [-0.2, -0.15) is 0 Å². The van der Waals surface area contributed by atoms with Crippen molar-refractivity contribution in [3.05, 3.63) is 17.0 Å². The van der Waals surface area contributed by atoms with Gasteiger partial charge < -0.3 is 4.90 Å². The van der Waals surface area contributed by atoms with Gasteiger partial charge in [0, 0.05) is 5.56 Å². The van der Waals surface area contributed by atoms with Crippen LogP contribution in [0.2, 0.25) is 5.15 Å². The van der Waals surface area contributed by atoms with Gasteiger partial charge in [-0.15, -0.1) is 0 Å². The van der Waals surface area contributed by atoms with Crippen LogP contribution in [0.15, 0.2) is 6.33 Å². The van der Waals surface area contributed by atoms with Crippen LogP contribution in [0.5, 0.6) is 0 Å². The second-order valence-corrected chi connectivity index (χ2v) is 4.64. The number of hydrogen-bond acceptors (Lipinski definition) is 5. The lowest BCUT2D eigenvalue weighted by Gasteiger charge is -2.35. The predicted octanol–water partition coefficient (Wildman–Crippen LogP) is 0.934. The highest BCUT2D eigenvalue weighted by atomic mass is 35.5. The van der Waals surface area contributed by atoms with Crippen LogP contribution in [0.25, 0.3) is 0 Å². The molecule has 2 rings (SSSR count). The Morgan fingerprint density at radius 1 is 1.42 bits per heavy atom. The van der Waals surface area contributed by atoms with E-state index in [-0.39, 0.29) is 18.4 Å². The number of carbonyl (C=O) groups excluding carboxylic acids is 2. The summed E-state index contributed by atoms with van der Waals surface area (Å²) in [5.41, 5.74) is 0.755. The van der Waals surface area contributed by atoms with Crippen molar-refractivity contribution in [1.82, 2.24) is 15.3 Å². The Bertz CT molecular complexity index is 520. The van der Waals surface area contributed by atoms with Gasteiger partial charge in [-0.1, -0.05) is 25.4 Å². The summed E-state index contributed by atoms with van der Waals surface area (Å²) in [6.45, 7) is 3.92. The Kier molecular flexibility index (Phi) is 3.99. The summed E-state index contributed by atoms with van der Waals surface area (Å²) in [5, 5.41) is 2.70. The van der Waals surface area contributed by atoms with E-state index in [1.807, 2.05) is 13.8 Å². The highest BCUT2D eigenvalue weighted by Crippen LogP contribution is 2.27. The summed E-state index contributed by atoms with van der Waals surface area (Å²) in [5.74, 6) is -0.0559. The van der Waals surface area contributed by atoms with Crippen molar-refractivity contribution < 1.29 is 9.59 Å². The van der Waals surface area contributed by atoms with Gasteiger partial charge in [0.2, 0.25) is 11.8 Å². The number of halogens is 1. The molecule has 0 aromatic carbocycles. The van der Waals surface area contributed by atoms with Gasteiger partial charge in [0.15, 0.2) is 0 Å². The second-order valence-electron chi connectivity index (χ2n) is 4.28. The SMILES string of the molecule is CCc1c(Cl)ncnc1N1CC(=O)NC(=O)C1CC. The number of carbonyl (C=O) groups is 2. The van der Waals surface area contributed by atoms with Gasteiger partial charge in [0.1, 0.15) is 23.3 Å². The summed E-state index contributed by atoms with van der Waals surface area (Å²) in [6.07, 6.45) is 2.57. The molecule has 1 atom stereocenters. The minimum absolute atomic E-state index is 0.102. The molecule has 7 heteroatoms.